The maximum Gasteiger partial charge on any atom is 0.225 e. The zero-order valence-corrected chi connectivity index (χ0v) is 21.0. The summed E-state index contributed by atoms with van der Waals surface area (Å²) in [7, 11) is 1.54. The molecule has 4 aromatic rings. The Morgan fingerprint density at radius 3 is 2.51 bits per heavy atom. The molecule has 4 N–H and O–H groups in total. The first kappa shape index (κ1) is 23.6. The van der Waals surface area contributed by atoms with Gasteiger partial charge in [-0.25, -0.2) is 15.0 Å². The predicted octanol–water partition coefficient (Wildman–Crippen LogP) is 2.00. The van der Waals surface area contributed by atoms with Crippen molar-refractivity contribution in [1.29, 1.82) is 0 Å². The first-order chi connectivity index (χ1) is 18.9. The molecular formula is C30H25N5O4. The number of fused-ring (bicyclic) bond motifs is 2. The van der Waals surface area contributed by atoms with E-state index in [2.05, 4.69) is 32.1 Å². The third-order valence-electron chi connectivity index (χ3n) is 8.62. The molecule has 9 heteroatoms. The van der Waals surface area contributed by atoms with Gasteiger partial charge in [0.2, 0.25) is 11.7 Å². The number of rotatable bonds is 5. The summed E-state index contributed by atoms with van der Waals surface area (Å²) in [5, 5.41) is 35.4. The van der Waals surface area contributed by atoms with Crippen LogP contribution >= 0.6 is 0 Å². The van der Waals surface area contributed by atoms with Gasteiger partial charge in [0, 0.05) is 42.1 Å². The Hall–Kier alpha value is -4.52. The first-order valence-electron chi connectivity index (χ1n) is 12.8. The molecule has 194 valence electrons. The molecule has 8 rings (SSSR count). The van der Waals surface area contributed by atoms with Crippen LogP contribution in [0, 0.1) is 35.0 Å². The second kappa shape index (κ2) is 8.24. The Balaban J connectivity index is 1.30. The number of aliphatic hydroxyl groups is 3. The molecular weight excluding hydrogens is 494 g/mol. The molecule has 2 heterocycles. The third-order valence-corrected chi connectivity index (χ3v) is 8.62. The Labute approximate surface area is 223 Å². The number of hydrogen-bond acceptors (Lipinski definition) is 7. The van der Waals surface area contributed by atoms with Crippen LogP contribution in [0.4, 0.5) is 0 Å². The lowest BCUT2D eigenvalue weighted by Gasteiger charge is -2.18. The molecule has 4 fully saturated rings. The van der Waals surface area contributed by atoms with E-state index in [1.54, 1.807) is 24.5 Å². The van der Waals surface area contributed by atoms with Crippen molar-refractivity contribution in [2.45, 2.75) is 18.2 Å². The van der Waals surface area contributed by atoms with E-state index in [-0.39, 0.29) is 29.3 Å². The summed E-state index contributed by atoms with van der Waals surface area (Å²) in [6, 6.07) is 18.6. The molecule has 1 amide bonds. The number of nitrogens with zero attached hydrogens (tertiary/aromatic N) is 4. The summed E-state index contributed by atoms with van der Waals surface area (Å²) in [6.45, 7) is 0.344. The van der Waals surface area contributed by atoms with Gasteiger partial charge in [-0.2, -0.15) is 0 Å². The van der Waals surface area contributed by atoms with Gasteiger partial charge in [0.15, 0.2) is 5.65 Å². The predicted molar refractivity (Wildman–Crippen MR) is 143 cm³/mol. The van der Waals surface area contributed by atoms with E-state index < -0.39 is 23.0 Å². The Kier molecular flexibility index (Phi) is 4.98. The minimum Gasteiger partial charge on any atom is -0.507 e. The standard InChI is InChI=1S/C30H25N5O4/c1-31-28(38)22-23-25-29(23,30(25,39)26(22)37)15-35-16-32-24-19(14-20(36)18-10-6-3-7-11-18)33-21(34-27(24)35)13-12-17-8-4-2-5-9-17/h2-11,14,16,22-23,25-26,36-37,39H,15H2,1H3,(H,31,38)/b20-14-/t22-,23?,25+,26+,29?,30-/m0/s1. The van der Waals surface area contributed by atoms with Crippen LogP contribution in [0.25, 0.3) is 23.0 Å². The van der Waals surface area contributed by atoms with E-state index in [4.69, 9.17) is 0 Å². The number of carbonyl (C=O) groups is 1. The number of nitrogens with one attached hydrogen (secondary N) is 1. The van der Waals surface area contributed by atoms with Crippen LogP contribution in [0.1, 0.15) is 22.6 Å². The van der Waals surface area contributed by atoms with Gasteiger partial charge in [0.05, 0.1) is 24.0 Å². The molecule has 0 aliphatic heterocycles. The number of carbonyl (C=O) groups excluding carboxylic acids is 1. The maximum atomic E-state index is 12.4. The lowest BCUT2D eigenvalue weighted by atomic mass is 9.99. The molecule has 4 saturated carbocycles. The fourth-order valence-electron chi connectivity index (χ4n) is 6.76. The number of aromatic nitrogens is 4. The minimum absolute atomic E-state index is 0.0269. The van der Waals surface area contributed by atoms with E-state index in [0.717, 1.165) is 5.56 Å². The van der Waals surface area contributed by atoms with E-state index in [0.29, 0.717) is 29.0 Å². The van der Waals surface area contributed by atoms with E-state index >= 15 is 0 Å². The topological polar surface area (TPSA) is 133 Å². The van der Waals surface area contributed by atoms with E-state index in [9.17, 15) is 20.1 Å². The summed E-state index contributed by atoms with van der Waals surface area (Å²) in [5.41, 5.74) is 0.928. The zero-order chi connectivity index (χ0) is 26.9. The smallest absolute Gasteiger partial charge is 0.225 e. The molecule has 2 bridgehead atoms. The Morgan fingerprint density at radius 2 is 1.82 bits per heavy atom. The van der Waals surface area contributed by atoms with Crippen molar-refractivity contribution in [2.75, 3.05) is 7.05 Å². The average molecular weight is 520 g/mol. The van der Waals surface area contributed by atoms with Crippen LogP contribution in [-0.4, -0.2) is 59.5 Å². The summed E-state index contributed by atoms with van der Waals surface area (Å²) in [4.78, 5) is 26.2. The van der Waals surface area contributed by atoms with Gasteiger partial charge in [-0.05, 0) is 24.0 Å². The molecule has 2 unspecified atom stereocenters. The lowest BCUT2D eigenvalue weighted by molar-refractivity contribution is -0.128. The average Bonchev–Trinajstić information content (AvgIpc) is 3.60. The molecule has 4 aliphatic carbocycles. The second-order valence-electron chi connectivity index (χ2n) is 10.4. The van der Waals surface area contributed by atoms with Crippen molar-refractivity contribution in [3.63, 3.8) is 0 Å². The quantitative estimate of drug-likeness (QED) is 0.234. The third kappa shape index (κ3) is 3.22. The molecule has 6 atom stereocenters. The number of amides is 1. The van der Waals surface area contributed by atoms with Crippen molar-refractivity contribution >= 4 is 28.9 Å². The fourth-order valence-corrected chi connectivity index (χ4v) is 6.76. The van der Waals surface area contributed by atoms with Gasteiger partial charge in [-0.15, -0.1) is 0 Å². The monoisotopic (exact) mass is 519 g/mol. The summed E-state index contributed by atoms with van der Waals surface area (Å²) in [5.74, 6) is 5.24. The summed E-state index contributed by atoms with van der Waals surface area (Å²) in [6.07, 6.45) is 2.06. The lowest BCUT2D eigenvalue weighted by Crippen LogP contribution is -2.37. The van der Waals surface area contributed by atoms with Gasteiger partial charge >= 0.3 is 0 Å². The van der Waals surface area contributed by atoms with Crippen LogP contribution in [0.3, 0.4) is 0 Å². The van der Waals surface area contributed by atoms with Gasteiger partial charge in [0.25, 0.3) is 0 Å². The van der Waals surface area contributed by atoms with Crippen LogP contribution in [0.15, 0.2) is 67.0 Å². The highest BCUT2D eigenvalue weighted by Crippen LogP contribution is 2.95. The highest BCUT2D eigenvalue weighted by Gasteiger charge is 3.04. The summed E-state index contributed by atoms with van der Waals surface area (Å²) < 4.78 is 1.82. The van der Waals surface area contributed by atoms with Crippen molar-refractivity contribution in [3.05, 3.63) is 89.6 Å². The number of aliphatic hydroxyl groups excluding tert-OH is 2. The van der Waals surface area contributed by atoms with Crippen LogP contribution in [0.2, 0.25) is 0 Å². The molecule has 4 aliphatic rings. The number of benzene rings is 2. The van der Waals surface area contributed by atoms with Gasteiger partial charge in [-0.3, -0.25) is 4.79 Å². The molecule has 2 aromatic heterocycles. The van der Waals surface area contributed by atoms with Crippen LogP contribution < -0.4 is 5.32 Å². The molecule has 39 heavy (non-hydrogen) atoms. The van der Waals surface area contributed by atoms with Gasteiger partial charge in [0.1, 0.15) is 16.9 Å². The minimum atomic E-state index is -1.29. The highest BCUT2D eigenvalue weighted by molar-refractivity contribution is 5.87. The maximum absolute atomic E-state index is 12.4. The van der Waals surface area contributed by atoms with Crippen LogP contribution in [0.5, 0.6) is 0 Å². The van der Waals surface area contributed by atoms with Crippen molar-refractivity contribution in [3.8, 4) is 11.8 Å². The summed E-state index contributed by atoms with van der Waals surface area (Å²) >= 11 is 0. The number of imidazole rings is 1. The normalized spacial score (nSPS) is 29.9. The molecule has 2 aromatic carbocycles. The zero-order valence-electron chi connectivity index (χ0n) is 21.0. The SMILES string of the molecule is CNC(=O)[C@H]1C2[C@@H]3C2(Cn2cnc4c(/C=C(\O)c5ccccc5)nc(C#Cc5ccccc5)nc42)[C@@]3(O)[C@@H]1O. The van der Waals surface area contributed by atoms with Gasteiger partial charge < -0.3 is 25.2 Å². The van der Waals surface area contributed by atoms with Crippen LogP contribution in [-0.2, 0) is 11.3 Å². The molecule has 0 saturated heterocycles. The fraction of sp³-hybridized carbons (Fsp3) is 0.267. The molecule has 0 radical (unpaired) electrons. The van der Waals surface area contributed by atoms with E-state index in [1.807, 2.05) is 53.1 Å². The molecule has 0 spiro atoms. The first-order valence-corrected chi connectivity index (χ1v) is 12.8. The molecule has 9 nitrogen and oxygen atoms in total. The van der Waals surface area contributed by atoms with Crippen molar-refractivity contribution < 1.29 is 20.1 Å². The highest BCUT2D eigenvalue weighted by atomic mass is 16.4. The number of hydrogen-bond donors (Lipinski definition) is 4. The van der Waals surface area contributed by atoms with Crippen molar-refractivity contribution in [2.24, 2.45) is 23.2 Å². The second-order valence-corrected chi connectivity index (χ2v) is 10.4. The van der Waals surface area contributed by atoms with Gasteiger partial charge in [-0.1, -0.05) is 54.5 Å². The largest absolute Gasteiger partial charge is 0.507 e. The Morgan fingerprint density at radius 1 is 1.10 bits per heavy atom. The van der Waals surface area contributed by atoms with E-state index in [1.165, 1.54) is 7.05 Å². The van der Waals surface area contributed by atoms with Crippen molar-refractivity contribution in [1.82, 2.24) is 24.8 Å². The Bertz CT molecular complexity index is 1720.